The molecule has 0 unspecified atom stereocenters. The molecule has 0 atom stereocenters. The fourth-order valence-electron chi connectivity index (χ4n) is 2.48. The first-order valence-corrected chi connectivity index (χ1v) is 7.95. The molecule has 0 amide bonds. The average molecular weight is 369 g/mol. The molecule has 25 heavy (non-hydrogen) atoms. The van der Waals surface area contributed by atoms with Crippen molar-refractivity contribution in [2.24, 2.45) is 0 Å². The van der Waals surface area contributed by atoms with Gasteiger partial charge in [0.2, 0.25) is 0 Å². The third-order valence-corrected chi connectivity index (χ3v) is 3.85. The van der Waals surface area contributed by atoms with Crippen LogP contribution in [0.4, 0.5) is 0 Å². The normalized spacial score (nSPS) is 10.3. The van der Waals surface area contributed by atoms with Gasteiger partial charge in [-0.15, -0.1) is 0 Å². The molecule has 124 valence electrons. The highest BCUT2D eigenvalue weighted by Crippen LogP contribution is 2.16. The predicted molar refractivity (Wildman–Crippen MR) is 93.3 cm³/mol. The molecule has 0 aliphatic carbocycles. The van der Waals surface area contributed by atoms with Crippen molar-refractivity contribution in [2.45, 2.75) is 0 Å². The van der Waals surface area contributed by atoms with Gasteiger partial charge in [0, 0.05) is 9.82 Å². The predicted octanol–water partition coefficient (Wildman–Crippen LogP) is 0.868. The van der Waals surface area contributed by atoms with E-state index in [4.69, 9.17) is 11.6 Å². The summed E-state index contributed by atoms with van der Waals surface area (Å²) in [7, 11) is 0. The van der Waals surface area contributed by atoms with Gasteiger partial charge in [0.15, 0.2) is 5.69 Å². The molecule has 0 saturated heterocycles. The Kier molecular flexibility index (Phi) is 5.12. The van der Waals surface area contributed by atoms with Crippen molar-refractivity contribution in [3.63, 3.8) is 0 Å². The zero-order valence-electron chi connectivity index (χ0n) is 13.1. The van der Waals surface area contributed by atoms with Crippen LogP contribution in [0.2, 0.25) is 5.02 Å². The number of hydrogen-bond acceptors (Lipinski definition) is 2. The third kappa shape index (κ3) is 3.55. The Morgan fingerprint density at radius 1 is 0.800 bits per heavy atom. The zero-order chi connectivity index (χ0) is 16.4. The molecule has 0 N–H and O–H groups in total. The molecule has 4 aromatic rings. The van der Waals surface area contributed by atoms with Gasteiger partial charge in [-0.1, -0.05) is 54.1 Å². The maximum Gasteiger partial charge on any atom is 0.340 e. The smallest absolute Gasteiger partial charge is 0.340 e. The average Bonchev–Trinajstić information content (AvgIpc) is 3.09. The Morgan fingerprint density at radius 3 is 2.16 bits per heavy atom. The minimum absolute atomic E-state index is 0. The highest BCUT2D eigenvalue weighted by atomic mass is 35.5. The monoisotopic (exact) mass is 368 g/mol. The number of halogens is 2. The Labute approximate surface area is 156 Å². The largest absolute Gasteiger partial charge is 1.00 e. The Balaban J connectivity index is 0.00000182. The van der Waals surface area contributed by atoms with E-state index in [-0.39, 0.29) is 12.4 Å². The molecular weight excluding hydrogens is 355 g/mol. The van der Waals surface area contributed by atoms with E-state index in [9.17, 15) is 0 Å². The molecule has 0 aliphatic rings. The van der Waals surface area contributed by atoms with E-state index >= 15 is 0 Å². The Morgan fingerprint density at radius 2 is 1.48 bits per heavy atom. The van der Waals surface area contributed by atoms with Crippen LogP contribution in [0, 0.1) is 0 Å². The van der Waals surface area contributed by atoms with Gasteiger partial charge in [-0.3, -0.25) is 0 Å². The van der Waals surface area contributed by atoms with Crippen LogP contribution in [0.25, 0.3) is 22.8 Å². The van der Waals surface area contributed by atoms with Gasteiger partial charge in [-0.2, -0.15) is 0 Å². The van der Waals surface area contributed by atoms with Crippen LogP contribution >= 0.6 is 11.6 Å². The summed E-state index contributed by atoms with van der Waals surface area (Å²) in [6.07, 6.45) is 0. The first kappa shape index (κ1) is 17.1. The van der Waals surface area contributed by atoms with Crippen LogP contribution < -0.4 is 17.2 Å². The first-order valence-electron chi connectivity index (χ1n) is 7.58. The molecule has 0 saturated carbocycles. The molecule has 6 heteroatoms. The van der Waals surface area contributed by atoms with Crippen molar-refractivity contribution in [1.29, 1.82) is 0 Å². The second-order valence-corrected chi connectivity index (χ2v) is 5.72. The molecule has 0 aliphatic heterocycles. The number of benzene rings is 3. The minimum Gasteiger partial charge on any atom is -1.00 e. The van der Waals surface area contributed by atoms with Crippen molar-refractivity contribution >= 4 is 11.6 Å². The molecule has 1 aromatic heterocycles. The van der Waals surface area contributed by atoms with Gasteiger partial charge in [0.25, 0.3) is 0 Å². The number of hydrogen-bond donors (Lipinski definition) is 0. The second-order valence-electron chi connectivity index (χ2n) is 5.28. The van der Waals surface area contributed by atoms with Gasteiger partial charge >= 0.3 is 5.82 Å². The van der Waals surface area contributed by atoms with Crippen molar-refractivity contribution < 1.29 is 17.2 Å². The summed E-state index contributed by atoms with van der Waals surface area (Å²) in [6.45, 7) is 0. The lowest BCUT2D eigenvalue weighted by molar-refractivity contribution is -0.734. The number of tetrazole rings is 1. The maximum atomic E-state index is 6.15. The summed E-state index contributed by atoms with van der Waals surface area (Å²) in [4.78, 5) is 3.53. The summed E-state index contributed by atoms with van der Waals surface area (Å²) in [6, 6.07) is 27.4. The summed E-state index contributed by atoms with van der Waals surface area (Å²) in [5.41, 5.74) is 2.73. The number of rotatable bonds is 3. The summed E-state index contributed by atoms with van der Waals surface area (Å²) >= 11 is 6.15. The fraction of sp³-hybridized carbons (Fsp3) is 0. The van der Waals surface area contributed by atoms with Crippen LogP contribution in [-0.2, 0) is 0 Å². The standard InChI is InChI=1S/C19H14ClN4.ClH/c20-16-10-7-13-18(14-16)24-22-19(15-8-3-1-4-9-15)21-23(24)17-11-5-2-6-12-17;/h1-14H;1H/q+1;/p-1. The van der Waals surface area contributed by atoms with E-state index in [1.807, 2.05) is 84.9 Å². The minimum atomic E-state index is 0. The first-order chi connectivity index (χ1) is 11.8. The highest BCUT2D eigenvalue weighted by molar-refractivity contribution is 6.30. The summed E-state index contributed by atoms with van der Waals surface area (Å²) in [5, 5.41) is 10.0. The quantitative estimate of drug-likeness (QED) is 0.503. The van der Waals surface area contributed by atoms with Crippen LogP contribution in [0.1, 0.15) is 0 Å². The number of para-hydroxylation sites is 1. The van der Waals surface area contributed by atoms with E-state index in [2.05, 4.69) is 10.2 Å². The van der Waals surface area contributed by atoms with Crippen molar-refractivity contribution in [1.82, 2.24) is 15.0 Å². The lowest BCUT2D eigenvalue weighted by Crippen LogP contribution is -3.00. The van der Waals surface area contributed by atoms with Gasteiger partial charge in [0.1, 0.15) is 5.69 Å². The van der Waals surface area contributed by atoms with Crippen LogP contribution in [0.15, 0.2) is 84.9 Å². The Hall–Kier alpha value is -2.69. The van der Waals surface area contributed by atoms with E-state index < -0.39 is 0 Å². The molecule has 4 rings (SSSR count). The second kappa shape index (κ2) is 7.47. The van der Waals surface area contributed by atoms with Gasteiger partial charge in [-0.25, -0.2) is 0 Å². The van der Waals surface area contributed by atoms with E-state index in [0.29, 0.717) is 10.8 Å². The van der Waals surface area contributed by atoms with Crippen molar-refractivity contribution in [3.8, 4) is 22.8 Å². The SMILES string of the molecule is Clc1cccc(-n2nc(-c3ccccc3)n[n+]2-c2ccccc2)c1.[Cl-]. The van der Waals surface area contributed by atoms with Crippen molar-refractivity contribution in [3.05, 3.63) is 90.0 Å². The van der Waals surface area contributed by atoms with E-state index in [1.54, 1.807) is 9.59 Å². The van der Waals surface area contributed by atoms with Gasteiger partial charge < -0.3 is 12.4 Å². The van der Waals surface area contributed by atoms with Gasteiger partial charge in [0.05, 0.1) is 10.7 Å². The molecule has 0 radical (unpaired) electrons. The zero-order valence-corrected chi connectivity index (χ0v) is 14.6. The molecular formula is C19H14Cl2N4. The van der Waals surface area contributed by atoms with Crippen LogP contribution in [-0.4, -0.2) is 15.0 Å². The molecule has 0 bridgehead atoms. The molecule has 0 spiro atoms. The topological polar surface area (TPSA) is 34.6 Å². The number of aromatic nitrogens is 4. The lowest BCUT2D eigenvalue weighted by atomic mass is 10.2. The fourth-order valence-corrected chi connectivity index (χ4v) is 2.67. The van der Waals surface area contributed by atoms with E-state index in [1.165, 1.54) is 0 Å². The maximum absolute atomic E-state index is 6.15. The Bertz CT molecular complexity index is 969. The highest BCUT2D eigenvalue weighted by Gasteiger charge is 2.23. The van der Waals surface area contributed by atoms with E-state index in [0.717, 1.165) is 16.9 Å². The third-order valence-electron chi connectivity index (χ3n) is 3.62. The molecule has 1 heterocycles. The lowest BCUT2D eigenvalue weighted by Gasteiger charge is -1.99. The summed E-state index contributed by atoms with van der Waals surface area (Å²) in [5.74, 6) is 0.652. The van der Waals surface area contributed by atoms with Gasteiger partial charge in [-0.05, 0) is 52.4 Å². The van der Waals surface area contributed by atoms with Crippen LogP contribution in [0.5, 0.6) is 0 Å². The molecule has 0 fully saturated rings. The summed E-state index contributed by atoms with van der Waals surface area (Å²) < 4.78 is 0. The van der Waals surface area contributed by atoms with Crippen molar-refractivity contribution in [2.75, 3.05) is 0 Å². The number of nitrogens with zero attached hydrogens (tertiary/aromatic N) is 4. The molecule has 4 nitrogen and oxygen atoms in total. The van der Waals surface area contributed by atoms with Crippen LogP contribution in [0.3, 0.4) is 0 Å². The molecule has 3 aromatic carbocycles.